The van der Waals surface area contributed by atoms with Crippen molar-refractivity contribution < 1.29 is 23.8 Å². The van der Waals surface area contributed by atoms with Crippen LogP contribution in [0.2, 0.25) is 10.0 Å². The summed E-state index contributed by atoms with van der Waals surface area (Å²) in [4.78, 5) is 36.6. The molecule has 0 saturated heterocycles. The van der Waals surface area contributed by atoms with Crippen molar-refractivity contribution >= 4 is 46.0 Å². The Labute approximate surface area is 187 Å². The Morgan fingerprint density at radius 1 is 1.19 bits per heavy atom. The molecule has 31 heavy (non-hydrogen) atoms. The first-order chi connectivity index (χ1) is 14.7. The van der Waals surface area contributed by atoms with Gasteiger partial charge in [-0.1, -0.05) is 35.3 Å². The summed E-state index contributed by atoms with van der Waals surface area (Å²) in [6, 6.07) is 8.58. The molecule has 3 rings (SSSR count). The Morgan fingerprint density at radius 3 is 2.48 bits per heavy atom. The lowest BCUT2D eigenvalue weighted by Crippen LogP contribution is -2.43. The monoisotopic (exact) mass is 463 g/mol. The van der Waals surface area contributed by atoms with Gasteiger partial charge in [-0.25, -0.2) is 9.59 Å². The molecule has 0 spiro atoms. The molecule has 0 unspecified atom stereocenters. The standard InChI is InChI=1S/C22H19Cl2NO6/c1-11-14-8-16(24)19(30-2)10-18(14)31-22(29)15(11)9-20(26)25-17(21(27)28)7-12-3-5-13(23)6-4-12/h3-6,8,10,17H,7,9H2,1-2H3,(H,25,26)(H,27,28)/t17-/m1/s1. The topological polar surface area (TPSA) is 106 Å². The van der Waals surface area contributed by atoms with Gasteiger partial charge in [0.25, 0.3) is 0 Å². The SMILES string of the molecule is COc1cc2oc(=O)c(CC(=O)N[C@H](Cc3ccc(Cl)cc3)C(=O)O)c(C)c2cc1Cl. The Morgan fingerprint density at radius 2 is 1.87 bits per heavy atom. The van der Waals surface area contributed by atoms with E-state index in [1.54, 1.807) is 37.3 Å². The number of fused-ring (bicyclic) bond motifs is 1. The summed E-state index contributed by atoms with van der Waals surface area (Å²) in [5.41, 5.74) is 0.938. The molecule has 9 heteroatoms. The van der Waals surface area contributed by atoms with Crippen molar-refractivity contribution in [3.8, 4) is 5.75 Å². The molecule has 2 aromatic carbocycles. The molecule has 1 atom stereocenters. The Balaban J connectivity index is 1.83. The highest BCUT2D eigenvalue weighted by atomic mass is 35.5. The average molecular weight is 464 g/mol. The minimum atomic E-state index is -1.19. The molecule has 0 saturated carbocycles. The zero-order valence-corrected chi connectivity index (χ0v) is 18.2. The van der Waals surface area contributed by atoms with E-state index in [1.165, 1.54) is 13.2 Å². The smallest absolute Gasteiger partial charge is 0.340 e. The molecule has 162 valence electrons. The van der Waals surface area contributed by atoms with Crippen molar-refractivity contribution in [2.24, 2.45) is 0 Å². The predicted molar refractivity (Wildman–Crippen MR) is 117 cm³/mol. The number of carbonyl (C=O) groups is 2. The lowest BCUT2D eigenvalue weighted by Gasteiger charge is -2.15. The van der Waals surface area contributed by atoms with Crippen LogP contribution in [0.15, 0.2) is 45.6 Å². The van der Waals surface area contributed by atoms with E-state index >= 15 is 0 Å². The van der Waals surface area contributed by atoms with Gasteiger partial charge in [0.15, 0.2) is 0 Å². The van der Waals surface area contributed by atoms with E-state index in [9.17, 15) is 19.5 Å². The highest BCUT2D eigenvalue weighted by Crippen LogP contribution is 2.31. The van der Waals surface area contributed by atoms with Crippen molar-refractivity contribution in [1.29, 1.82) is 0 Å². The first-order valence-corrected chi connectivity index (χ1v) is 10.0. The van der Waals surface area contributed by atoms with E-state index in [2.05, 4.69) is 5.32 Å². The number of methoxy groups -OCH3 is 1. The number of amides is 1. The van der Waals surface area contributed by atoms with Crippen molar-refractivity contribution in [2.75, 3.05) is 7.11 Å². The lowest BCUT2D eigenvalue weighted by atomic mass is 10.0. The number of carboxylic acid groups (broad SMARTS) is 1. The first kappa shape index (κ1) is 22.7. The third-order valence-electron chi connectivity index (χ3n) is 4.88. The molecule has 1 amide bonds. The predicted octanol–water partition coefficient (Wildman–Crippen LogP) is 3.77. The molecule has 0 aliphatic carbocycles. The molecule has 1 heterocycles. The first-order valence-electron chi connectivity index (χ1n) is 9.26. The van der Waals surface area contributed by atoms with Crippen molar-refractivity contribution in [2.45, 2.75) is 25.8 Å². The minimum absolute atomic E-state index is 0.0684. The number of ether oxygens (including phenoxy) is 1. The number of aliphatic carboxylic acids is 1. The second-order valence-corrected chi connectivity index (χ2v) is 7.79. The van der Waals surface area contributed by atoms with Crippen LogP contribution >= 0.6 is 23.2 Å². The van der Waals surface area contributed by atoms with Crippen LogP contribution in [0.4, 0.5) is 0 Å². The summed E-state index contributed by atoms with van der Waals surface area (Å²) in [6.07, 6.45) is -0.267. The number of hydrogen-bond donors (Lipinski definition) is 2. The quantitative estimate of drug-likeness (QED) is 0.516. The number of aryl methyl sites for hydroxylation is 1. The van der Waals surface area contributed by atoms with Crippen molar-refractivity contribution in [3.63, 3.8) is 0 Å². The largest absolute Gasteiger partial charge is 0.495 e. The fourth-order valence-electron chi connectivity index (χ4n) is 3.21. The van der Waals surface area contributed by atoms with Crippen LogP contribution < -0.4 is 15.7 Å². The highest BCUT2D eigenvalue weighted by Gasteiger charge is 2.23. The van der Waals surface area contributed by atoms with Gasteiger partial charge in [-0.2, -0.15) is 0 Å². The van der Waals surface area contributed by atoms with Crippen LogP contribution in [-0.2, 0) is 22.4 Å². The van der Waals surface area contributed by atoms with Crippen LogP contribution in [0.3, 0.4) is 0 Å². The fraction of sp³-hybridized carbons (Fsp3) is 0.227. The van der Waals surface area contributed by atoms with E-state index in [0.717, 1.165) is 0 Å². The highest BCUT2D eigenvalue weighted by molar-refractivity contribution is 6.32. The van der Waals surface area contributed by atoms with Crippen LogP contribution in [0.5, 0.6) is 5.75 Å². The molecule has 0 aliphatic rings. The maximum Gasteiger partial charge on any atom is 0.340 e. The van der Waals surface area contributed by atoms with Crippen molar-refractivity contribution in [1.82, 2.24) is 5.32 Å². The second-order valence-electron chi connectivity index (χ2n) is 6.94. The van der Waals surface area contributed by atoms with Crippen LogP contribution in [0.25, 0.3) is 11.0 Å². The number of nitrogens with one attached hydrogen (secondary N) is 1. The van der Waals surface area contributed by atoms with Crippen LogP contribution in [-0.4, -0.2) is 30.1 Å². The van der Waals surface area contributed by atoms with Crippen molar-refractivity contribution in [3.05, 3.63) is 73.6 Å². The maximum absolute atomic E-state index is 12.6. The molecule has 0 aliphatic heterocycles. The van der Waals surface area contributed by atoms with Gasteiger partial charge < -0.3 is 19.6 Å². The number of carboxylic acids is 1. The average Bonchev–Trinajstić information content (AvgIpc) is 2.72. The summed E-state index contributed by atoms with van der Waals surface area (Å²) in [5.74, 6) is -1.45. The molecular formula is C22H19Cl2NO6. The Bertz CT molecular complexity index is 1200. The molecule has 3 aromatic rings. The van der Waals surface area contributed by atoms with Gasteiger partial charge in [0.05, 0.1) is 24.1 Å². The van der Waals surface area contributed by atoms with E-state index < -0.39 is 23.5 Å². The van der Waals surface area contributed by atoms with Gasteiger partial charge in [-0.05, 0) is 36.2 Å². The molecule has 2 N–H and O–H groups in total. The van der Waals surface area contributed by atoms with E-state index in [4.69, 9.17) is 32.4 Å². The number of halogens is 2. The zero-order valence-electron chi connectivity index (χ0n) is 16.7. The number of benzene rings is 2. The van der Waals surface area contributed by atoms with Gasteiger partial charge in [0.1, 0.15) is 17.4 Å². The molecule has 0 bridgehead atoms. The van der Waals surface area contributed by atoms with Crippen LogP contribution in [0, 0.1) is 6.92 Å². The minimum Gasteiger partial charge on any atom is -0.495 e. The molecule has 0 radical (unpaired) electrons. The van der Waals surface area contributed by atoms with Gasteiger partial charge in [-0.15, -0.1) is 0 Å². The molecule has 0 fully saturated rings. The number of carbonyl (C=O) groups excluding carboxylic acids is 1. The van der Waals surface area contributed by atoms with Gasteiger partial charge >= 0.3 is 11.6 Å². The normalized spacial score (nSPS) is 11.9. The Hall–Kier alpha value is -3.03. The third kappa shape index (κ3) is 5.18. The van der Waals surface area contributed by atoms with E-state index in [1.807, 2.05) is 0 Å². The number of hydrogen-bond acceptors (Lipinski definition) is 5. The summed E-state index contributed by atoms with van der Waals surface area (Å²) >= 11 is 12.0. The maximum atomic E-state index is 12.6. The number of rotatable bonds is 7. The zero-order chi connectivity index (χ0) is 22.7. The van der Waals surface area contributed by atoms with Gasteiger partial charge in [0, 0.05) is 22.9 Å². The molecule has 7 nitrogen and oxygen atoms in total. The Kier molecular flexibility index (Phi) is 6.87. The summed E-state index contributed by atoms with van der Waals surface area (Å²) in [5, 5.41) is 13.4. The van der Waals surface area contributed by atoms with E-state index in [-0.39, 0.29) is 24.0 Å². The third-order valence-corrected chi connectivity index (χ3v) is 5.43. The summed E-state index contributed by atoms with van der Waals surface area (Å²) in [6.45, 7) is 1.67. The fourth-order valence-corrected chi connectivity index (χ4v) is 3.58. The molecule has 1 aromatic heterocycles. The lowest BCUT2D eigenvalue weighted by molar-refractivity contribution is -0.141. The van der Waals surface area contributed by atoms with Gasteiger partial charge in [0.2, 0.25) is 5.91 Å². The molecular weight excluding hydrogens is 445 g/mol. The van der Waals surface area contributed by atoms with Gasteiger partial charge in [-0.3, -0.25) is 4.79 Å². The van der Waals surface area contributed by atoms with E-state index in [0.29, 0.717) is 32.3 Å². The summed E-state index contributed by atoms with van der Waals surface area (Å²) in [7, 11) is 1.44. The summed E-state index contributed by atoms with van der Waals surface area (Å²) < 4.78 is 10.5. The second kappa shape index (κ2) is 9.41. The van der Waals surface area contributed by atoms with Crippen LogP contribution in [0.1, 0.15) is 16.7 Å².